The van der Waals surface area contributed by atoms with Gasteiger partial charge >= 0.3 is 0 Å². The summed E-state index contributed by atoms with van der Waals surface area (Å²) >= 11 is 0. The minimum atomic E-state index is 0.0707. The van der Waals surface area contributed by atoms with Crippen LogP contribution in [0.1, 0.15) is 23.6 Å². The van der Waals surface area contributed by atoms with E-state index >= 15 is 0 Å². The minimum Gasteiger partial charge on any atom is -0.493 e. The molecule has 1 atom stereocenters. The summed E-state index contributed by atoms with van der Waals surface area (Å²) in [5, 5.41) is 9.05. The molecule has 6 heteroatoms. The number of methoxy groups -OCH3 is 3. The maximum atomic E-state index is 9.05. The van der Waals surface area contributed by atoms with E-state index < -0.39 is 0 Å². The molecule has 0 aromatic heterocycles. The highest BCUT2D eigenvalue weighted by Gasteiger charge is 2.35. The fourth-order valence-corrected chi connectivity index (χ4v) is 3.01. The number of aliphatic hydroxyl groups excluding tert-OH is 1. The van der Waals surface area contributed by atoms with Crippen LogP contribution in [0.4, 0.5) is 0 Å². The summed E-state index contributed by atoms with van der Waals surface area (Å²) in [4.78, 5) is 2.25. The Morgan fingerprint density at radius 1 is 1.24 bits per heavy atom. The van der Waals surface area contributed by atoms with Crippen LogP contribution in [0.2, 0.25) is 0 Å². The largest absolute Gasteiger partial charge is 0.493 e. The molecule has 0 bridgehead atoms. The average molecular weight is 296 g/mol. The highest BCUT2D eigenvalue weighted by molar-refractivity contribution is 5.61. The number of rotatable bonds is 7. The summed E-state index contributed by atoms with van der Waals surface area (Å²) in [6, 6.07) is 2.06. The SMILES string of the molecule is COc1cc2c(c(OC)c1OC)C(CN)N(CCCO)C2. The quantitative estimate of drug-likeness (QED) is 0.779. The standard InChI is InChI=1S/C15H24N2O4/c1-19-12-7-10-9-17(5-4-6-18)11(8-16)13(10)15(21-3)14(12)20-2/h7,11,18H,4-6,8-9,16H2,1-3H3. The van der Waals surface area contributed by atoms with Crippen molar-refractivity contribution in [1.82, 2.24) is 4.90 Å². The van der Waals surface area contributed by atoms with Gasteiger partial charge in [0.05, 0.1) is 27.4 Å². The molecule has 1 aromatic carbocycles. The van der Waals surface area contributed by atoms with Crippen molar-refractivity contribution in [2.75, 3.05) is 41.0 Å². The van der Waals surface area contributed by atoms with Crippen molar-refractivity contribution in [2.45, 2.75) is 19.0 Å². The van der Waals surface area contributed by atoms with Gasteiger partial charge in [-0.15, -0.1) is 0 Å². The lowest BCUT2D eigenvalue weighted by Gasteiger charge is -2.24. The van der Waals surface area contributed by atoms with Crippen LogP contribution >= 0.6 is 0 Å². The second-order valence-corrected chi connectivity index (χ2v) is 5.02. The van der Waals surface area contributed by atoms with Crippen LogP contribution in [0.3, 0.4) is 0 Å². The van der Waals surface area contributed by atoms with Crippen molar-refractivity contribution in [3.05, 3.63) is 17.2 Å². The van der Waals surface area contributed by atoms with Crippen molar-refractivity contribution in [2.24, 2.45) is 5.73 Å². The van der Waals surface area contributed by atoms with Gasteiger partial charge in [0.1, 0.15) is 0 Å². The van der Waals surface area contributed by atoms with E-state index in [0.717, 1.165) is 30.6 Å². The van der Waals surface area contributed by atoms with Crippen LogP contribution < -0.4 is 19.9 Å². The van der Waals surface area contributed by atoms with Gasteiger partial charge in [-0.05, 0) is 18.1 Å². The fraction of sp³-hybridized carbons (Fsp3) is 0.600. The smallest absolute Gasteiger partial charge is 0.203 e. The summed E-state index contributed by atoms with van der Waals surface area (Å²) in [5.74, 6) is 1.95. The number of ether oxygens (including phenoxy) is 3. The van der Waals surface area contributed by atoms with Crippen LogP contribution in [0, 0.1) is 0 Å². The van der Waals surface area contributed by atoms with Crippen molar-refractivity contribution in [3.63, 3.8) is 0 Å². The van der Waals surface area contributed by atoms with Gasteiger partial charge in [0.25, 0.3) is 0 Å². The first kappa shape index (κ1) is 15.9. The van der Waals surface area contributed by atoms with Crippen LogP contribution in [-0.4, -0.2) is 51.0 Å². The maximum Gasteiger partial charge on any atom is 0.203 e. The molecule has 6 nitrogen and oxygen atoms in total. The van der Waals surface area contributed by atoms with Gasteiger partial charge < -0.3 is 25.1 Å². The average Bonchev–Trinajstić information content (AvgIpc) is 2.87. The molecule has 0 fully saturated rings. The van der Waals surface area contributed by atoms with Crippen molar-refractivity contribution in [3.8, 4) is 17.2 Å². The molecule has 0 spiro atoms. The highest BCUT2D eigenvalue weighted by atomic mass is 16.5. The zero-order valence-electron chi connectivity index (χ0n) is 12.9. The molecule has 0 radical (unpaired) electrons. The number of aliphatic hydroxyl groups is 1. The Labute approximate surface area is 125 Å². The Morgan fingerprint density at radius 3 is 2.48 bits per heavy atom. The topological polar surface area (TPSA) is 77.2 Å². The molecule has 1 aromatic rings. The van der Waals surface area contributed by atoms with E-state index in [1.807, 2.05) is 6.07 Å². The van der Waals surface area contributed by atoms with Crippen molar-refractivity contribution >= 4 is 0 Å². The Kier molecular flexibility index (Phi) is 5.27. The third-order valence-corrected chi connectivity index (χ3v) is 3.93. The summed E-state index contributed by atoms with van der Waals surface area (Å²) in [5.41, 5.74) is 8.17. The molecular formula is C15H24N2O4. The van der Waals surface area contributed by atoms with Gasteiger partial charge in [0, 0.05) is 31.8 Å². The molecule has 1 unspecified atom stereocenters. The van der Waals surface area contributed by atoms with Crippen LogP contribution in [0.5, 0.6) is 17.2 Å². The third kappa shape index (κ3) is 2.79. The van der Waals surface area contributed by atoms with Gasteiger partial charge in [-0.25, -0.2) is 0 Å². The normalized spacial score (nSPS) is 17.7. The molecule has 118 valence electrons. The van der Waals surface area contributed by atoms with Crippen molar-refractivity contribution < 1.29 is 19.3 Å². The van der Waals surface area contributed by atoms with Gasteiger partial charge in [0.2, 0.25) is 5.75 Å². The van der Waals surface area contributed by atoms with Crippen LogP contribution in [-0.2, 0) is 6.54 Å². The van der Waals surface area contributed by atoms with Gasteiger partial charge in [0.15, 0.2) is 11.5 Å². The summed E-state index contributed by atoms with van der Waals surface area (Å²) in [7, 11) is 4.84. The molecule has 3 N–H and O–H groups in total. The first-order chi connectivity index (χ1) is 10.2. The lowest BCUT2D eigenvalue weighted by molar-refractivity contribution is 0.188. The number of hydrogen-bond acceptors (Lipinski definition) is 6. The summed E-state index contributed by atoms with van der Waals surface area (Å²) in [6.45, 7) is 2.23. The Balaban J connectivity index is 2.47. The lowest BCUT2D eigenvalue weighted by Crippen LogP contribution is -2.29. The third-order valence-electron chi connectivity index (χ3n) is 3.93. The minimum absolute atomic E-state index is 0.0707. The second-order valence-electron chi connectivity index (χ2n) is 5.02. The van der Waals surface area contributed by atoms with Crippen molar-refractivity contribution in [1.29, 1.82) is 0 Å². The lowest BCUT2D eigenvalue weighted by atomic mass is 10.0. The molecule has 0 aliphatic carbocycles. The van der Waals surface area contributed by atoms with E-state index in [0.29, 0.717) is 23.8 Å². The second kappa shape index (κ2) is 6.98. The van der Waals surface area contributed by atoms with Gasteiger partial charge in [-0.1, -0.05) is 0 Å². The molecular weight excluding hydrogens is 272 g/mol. The zero-order valence-corrected chi connectivity index (χ0v) is 12.9. The Hall–Kier alpha value is -1.50. The van der Waals surface area contributed by atoms with E-state index in [9.17, 15) is 0 Å². The molecule has 0 amide bonds. The summed E-state index contributed by atoms with van der Waals surface area (Å²) < 4.78 is 16.4. The Morgan fingerprint density at radius 2 is 1.95 bits per heavy atom. The predicted molar refractivity (Wildman–Crippen MR) is 80.0 cm³/mol. The van der Waals surface area contributed by atoms with E-state index in [-0.39, 0.29) is 12.6 Å². The van der Waals surface area contributed by atoms with E-state index in [1.165, 1.54) is 0 Å². The van der Waals surface area contributed by atoms with E-state index in [1.54, 1.807) is 21.3 Å². The first-order valence-electron chi connectivity index (χ1n) is 7.08. The molecule has 1 aliphatic heterocycles. The molecule has 1 aliphatic rings. The van der Waals surface area contributed by atoms with Crippen LogP contribution in [0.25, 0.3) is 0 Å². The fourth-order valence-electron chi connectivity index (χ4n) is 3.01. The number of fused-ring (bicyclic) bond motifs is 1. The van der Waals surface area contributed by atoms with Crippen LogP contribution in [0.15, 0.2) is 6.07 Å². The molecule has 2 rings (SSSR count). The molecule has 0 saturated carbocycles. The Bertz CT molecular complexity index is 493. The van der Waals surface area contributed by atoms with Gasteiger partial charge in [-0.3, -0.25) is 4.90 Å². The number of benzene rings is 1. The van der Waals surface area contributed by atoms with E-state index in [2.05, 4.69) is 4.90 Å². The number of hydrogen-bond donors (Lipinski definition) is 2. The summed E-state index contributed by atoms with van der Waals surface area (Å²) in [6.07, 6.45) is 0.723. The monoisotopic (exact) mass is 296 g/mol. The predicted octanol–water partition coefficient (Wildman–Crippen LogP) is 0.910. The number of nitrogens with two attached hydrogens (primary N) is 1. The highest BCUT2D eigenvalue weighted by Crippen LogP contribution is 2.48. The first-order valence-corrected chi connectivity index (χ1v) is 7.08. The molecule has 0 saturated heterocycles. The maximum absolute atomic E-state index is 9.05. The number of nitrogens with zero attached hydrogens (tertiary/aromatic N) is 1. The molecule has 1 heterocycles. The van der Waals surface area contributed by atoms with Gasteiger partial charge in [-0.2, -0.15) is 0 Å². The zero-order chi connectivity index (χ0) is 15.4. The molecule has 21 heavy (non-hydrogen) atoms. The van der Waals surface area contributed by atoms with E-state index in [4.69, 9.17) is 25.1 Å².